The van der Waals surface area contributed by atoms with Gasteiger partial charge in [-0.1, -0.05) is 29.4 Å². The molecule has 0 aliphatic heterocycles. The number of thiazole rings is 1. The van der Waals surface area contributed by atoms with Gasteiger partial charge in [0.25, 0.3) is 0 Å². The van der Waals surface area contributed by atoms with Crippen LogP contribution in [0.5, 0.6) is 0 Å². The Hall–Kier alpha value is -2.37. The maximum atomic E-state index is 8.44. The summed E-state index contributed by atoms with van der Waals surface area (Å²) < 4.78 is 0. The number of benzene rings is 1. The first-order valence-electron chi connectivity index (χ1n) is 5.15. The molecule has 0 aliphatic rings. The Labute approximate surface area is 108 Å². The zero-order valence-corrected chi connectivity index (χ0v) is 10.4. The van der Waals surface area contributed by atoms with Gasteiger partial charge in [-0.05, 0) is 12.5 Å². The second-order valence-corrected chi connectivity index (χ2v) is 4.27. The lowest BCUT2D eigenvalue weighted by Gasteiger charge is -1.97. The minimum absolute atomic E-state index is 0.542. The Balaban J connectivity index is 2.11. The lowest BCUT2D eigenvalue weighted by atomic mass is 10.2. The number of hydrogen-bond acceptors (Lipinski definition) is 5. The molecule has 2 aromatic rings. The summed E-state index contributed by atoms with van der Waals surface area (Å²) in [4.78, 5) is 6.98. The third kappa shape index (κ3) is 3.07. The molecule has 1 heterocycles. The van der Waals surface area contributed by atoms with Crippen LogP contribution >= 0.6 is 11.3 Å². The van der Waals surface area contributed by atoms with E-state index in [-0.39, 0.29) is 0 Å². The number of azide groups is 1. The van der Waals surface area contributed by atoms with Gasteiger partial charge in [0, 0.05) is 21.5 Å². The maximum Gasteiger partial charge on any atom is 0.203 e. The van der Waals surface area contributed by atoms with Gasteiger partial charge in [0.15, 0.2) is 0 Å². The van der Waals surface area contributed by atoms with Crippen molar-refractivity contribution in [2.24, 2.45) is 10.2 Å². The third-order valence-corrected chi connectivity index (χ3v) is 2.94. The molecule has 90 valence electrons. The van der Waals surface area contributed by atoms with Crippen molar-refractivity contribution < 1.29 is 0 Å². The van der Waals surface area contributed by atoms with E-state index in [1.165, 1.54) is 11.3 Å². The van der Waals surface area contributed by atoms with Crippen molar-refractivity contribution >= 4 is 28.4 Å². The molecule has 18 heavy (non-hydrogen) atoms. The molecule has 0 aliphatic carbocycles. The van der Waals surface area contributed by atoms with E-state index < -0.39 is 0 Å². The van der Waals surface area contributed by atoms with Crippen LogP contribution in [0, 0.1) is 6.92 Å². The van der Waals surface area contributed by atoms with E-state index in [2.05, 4.69) is 25.5 Å². The van der Waals surface area contributed by atoms with Crippen molar-refractivity contribution in [2.75, 3.05) is 5.43 Å². The van der Waals surface area contributed by atoms with Crippen LogP contribution in [-0.2, 0) is 0 Å². The summed E-state index contributed by atoms with van der Waals surface area (Å²) in [6, 6.07) is 7.21. The van der Waals surface area contributed by atoms with Gasteiger partial charge in [-0.3, -0.25) is 5.43 Å². The fourth-order valence-corrected chi connectivity index (χ4v) is 1.94. The molecule has 0 atom stereocenters. The Morgan fingerprint density at radius 3 is 3.00 bits per heavy atom. The van der Waals surface area contributed by atoms with Crippen molar-refractivity contribution in [1.29, 1.82) is 0 Å². The fourth-order valence-electron chi connectivity index (χ4n) is 1.30. The monoisotopic (exact) mass is 258 g/mol. The van der Waals surface area contributed by atoms with Crippen LogP contribution in [0.15, 0.2) is 39.9 Å². The molecule has 0 bridgehead atoms. The average Bonchev–Trinajstić information content (AvgIpc) is 2.78. The van der Waals surface area contributed by atoms with Crippen LogP contribution in [0.3, 0.4) is 0 Å². The molecule has 1 aromatic carbocycles. The van der Waals surface area contributed by atoms with Crippen molar-refractivity contribution in [3.05, 3.63) is 51.3 Å². The van der Waals surface area contributed by atoms with Gasteiger partial charge >= 0.3 is 0 Å². The summed E-state index contributed by atoms with van der Waals surface area (Å²) >= 11 is 1.48. The molecule has 0 spiro atoms. The van der Waals surface area contributed by atoms with Crippen molar-refractivity contribution in [2.45, 2.75) is 6.92 Å². The van der Waals surface area contributed by atoms with Gasteiger partial charge in [-0.25, -0.2) is 4.98 Å². The third-order valence-electron chi connectivity index (χ3n) is 2.07. The molecule has 2 rings (SSSR count). The summed E-state index contributed by atoms with van der Waals surface area (Å²) in [6.45, 7) is 1.92. The predicted octanol–water partition coefficient (Wildman–Crippen LogP) is 3.84. The Kier molecular flexibility index (Phi) is 3.90. The largest absolute Gasteiger partial charge is 0.253 e. The molecule has 0 amide bonds. The van der Waals surface area contributed by atoms with E-state index in [0.29, 0.717) is 5.69 Å². The molecule has 7 heteroatoms. The van der Waals surface area contributed by atoms with E-state index in [1.54, 1.807) is 18.3 Å². The molecule has 0 saturated heterocycles. The highest BCUT2D eigenvalue weighted by Gasteiger charge is 1.97. The predicted molar refractivity (Wildman–Crippen MR) is 73.3 cm³/mol. The van der Waals surface area contributed by atoms with Gasteiger partial charge in [-0.2, -0.15) is 5.10 Å². The smallest absolute Gasteiger partial charge is 0.203 e. The van der Waals surface area contributed by atoms with E-state index in [0.717, 1.165) is 16.4 Å². The zero-order chi connectivity index (χ0) is 12.8. The van der Waals surface area contributed by atoms with Crippen LogP contribution in [0.25, 0.3) is 10.4 Å². The SMILES string of the molecule is Cc1csc(NN=Cc2ccccc2N=[N+]=[N-])n1. The number of aromatic nitrogens is 1. The number of hydrazone groups is 1. The highest BCUT2D eigenvalue weighted by molar-refractivity contribution is 7.13. The number of hydrogen-bond donors (Lipinski definition) is 1. The minimum atomic E-state index is 0.542. The number of aryl methyl sites for hydroxylation is 1. The maximum absolute atomic E-state index is 8.44. The van der Waals surface area contributed by atoms with Gasteiger partial charge < -0.3 is 0 Å². The number of anilines is 1. The van der Waals surface area contributed by atoms with E-state index in [1.807, 2.05) is 24.4 Å². The number of rotatable bonds is 4. The van der Waals surface area contributed by atoms with Gasteiger partial charge in [0.05, 0.1) is 11.9 Å². The molecule has 0 saturated carbocycles. The lowest BCUT2D eigenvalue weighted by molar-refractivity contribution is 1.22. The molecule has 0 radical (unpaired) electrons. The summed E-state index contributed by atoms with van der Waals surface area (Å²) in [5.41, 5.74) is 13.5. The fraction of sp³-hybridized carbons (Fsp3) is 0.0909. The minimum Gasteiger partial charge on any atom is -0.253 e. The van der Waals surface area contributed by atoms with Crippen molar-refractivity contribution in [3.63, 3.8) is 0 Å². The van der Waals surface area contributed by atoms with Gasteiger partial charge in [0.1, 0.15) is 0 Å². The standard InChI is InChI=1S/C11H10N6S/c1-8-7-18-11(14-8)16-13-6-9-4-2-3-5-10(9)15-17-12/h2-7H,1H3,(H,14,16). The molecular weight excluding hydrogens is 248 g/mol. The zero-order valence-electron chi connectivity index (χ0n) is 9.61. The molecule has 1 aromatic heterocycles. The van der Waals surface area contributed by atoms with Crippen LogP contribution in [0.1, 0.15) is 11.3 Å². The van der Waals surface area contributed by atoms with Gasteiger partial charge in [0.2, 0.25) is 5.13 Å². The molecule has 0 unspecified atom stereocenters. The van der Waals surface area contributed by atoms with E-state index >= 15 is 0 Å². The highest BCUT2D eigenvalue weighted by atomic mass is 32.1. The highest BCUT2D eigenvalue weighted by Crippen LogP contribution is 2.17. The topological polar surface area (TPSA) is 86.0 Å². The molecule has 1 N–H and O–H groups in total. The first-order chi connectivity index (χ1) is 8.79. The second-order valence-electron chi connectivity index (χ2n) is 3.41. The second kappa shape index (κ2) is 5.81. The lowest BCUT2D eigenvalue weighted by Crippen LogP contribution is -1.90. The Morgan fingerprint density at radius 1 is 1.44 bits per heavy atom. The van der Waals surface area contributed by atoms with Crippen LogP contribution in [0.4, 0.5) is 10.8 Å². The summed E-state index contributed by atoms with van der Waals surface area (Å²) in [7, 11) is 0. The van der Waals surface area contributed by atoms with Crippen LogP contribution in [-0.4, -0.2) is 11.2 Å². The van der Waals surface area contributed by atoms with Crippen LogP contribution < -0.4 is 5.43 Å². The van der Waals surface area contributed by atoms with Crippen LogP contribution in [0.2, 0.25) is 0 Å². The summed E-state index contributed by atoms with van der Waals surface area (Å²) in [5, 5.41) is 10.3. The molecule has 0 fully saturated rings. The average molecular weight is 258 g/mol. The summed E-state index contributed by atoms with van der Waals surface area (Å²) in [6.07, 6.45) is 1.60. The number of nitrogens with one attached hydrogen (secondary N) is 1. The molecular formula is C11H10N6S. The number of nitrogens with zero attached hydrogens (tertiary/aromatic N) is 5. The van der Waals surface area contributed by atoms with Crippen molar-refractivity contribution in [1.82, 2.24) is 4.98 Å². The van der Waals surface area contributed by atoms with Gasteiger partial charge in [-0.15, -0.1) is 11.3 Å². The normalized spacial score (nSPS) is 10.3. The van der Waals surface area contributed by atoms with E-state index in [9.17, 15) is 0 Å². The first kappa shape index (κ1) is 12.1. The molecule has 6 nitrogen and oxygen atoms in total. The quantitative estimate of drug-likeness (QED) is 0.297. The van der Waals surface area contributed by atoms with E-state index in [4.69, 9.17) is 5.53 Å². The Morgan fingerprint density at radius 2 is 2.28 bits per heavy atom. The first-order valence-corrected chi connectivity index (χ1v) is 6.03. The Bertz CT molecular complexity index is 612. The van der Waals surface area contributed by atoms with Crippen molar-refractivity contribution in [3.8, 4) is 0 Å². The summed E-state index contributed by atoms with van der Waals surface area (Å²) in [5.74, 6) is 0.